The quantitative estimate of drug-likeness (QED) is 0.282. The normalized spacial score (nSPS) is 10.2. The number of carboxylic acids is 2. The summed E-state index contributed by atoms with van der Waals surface area (Å²) < 4.78 is 0. The van der Waals surface area contributed by atoms with Gasteiger partial charge in [-0.05, 0) is 0 Å². The zero-order chi connectivity index (χ0) is 10.9. The Bertz CT molecular complexity index is 168. The van der Waals surface area contributed by atoms with Gasteiger partial charge in [0.15, 0.2) is 0 Å². The fourth-order valence-corrected chi connectivity index (χ4v) is 0.271. The Morgan fingerprint density at radius 2 is 1.86 bits per heavy atom. The molecule has 0 unspecified atom stereocenters. The van der Waals surface area contributed by atoms with Gasteiger partial charge >= 0.3 is 35.5 Å². The van der Waals surface area contributed by atoms with Gasteiger partial charge < -0.3 is 26.5 Å². The van der Waals surface area contributed by atoms with Crippen LogP contribution < -0.4 is 46.1 Å². The Kier molecular flexibility index (Phi) is 18.6. The maximum Gasteiger partial charge on any atom is 1.00 e. The van der Waals surface area contributed by atoms with E-state index in [4.69, 9.17) is 16.6 Å². The zero-order valence-corrected chi connectivity index (χ0v) is 10.9. The van der Waals surface area contributed by atoms with Gasteiger partial charge in [0.05, 0.1) is 18.4 Å². The molecule has 0 aliphatic carbocycles. The van der Waals surface area contributed by atoms with E-state index in [-0.39, 0.29) is 29.6 Å². The molecule has 0 aromatic heterocycles. The molecule has 78 valence electrons. The van der Waals surface area contributed by atoms with Crippen LogP contribution in [0.5, 0.6) is 0 Å². The van der Waals surface area contributed by atoms with E-state index in [0.29, 0.717) is 6.54 Å². The van der Waals surface area contributed by atoms with Crippen molar-refractivity contribution in [3.8, 4) is 0 Å². The van der Waals surface area contributed by atoms with Crippen molar-refractivity contribution in [2.24, 2.45) is 11.5 Å². The van der Waals surface area contributed by atoms with Crippen LogP contribution in [0.3, 0.4) is 0 Å². The summed E-state index contributed by atoms with van der Waals surface area (Å²) >= 11 is 3.80. The second-order valence-electron chi connectivity index (χ2n) is 2.04. The average molecular weight is 232 g/mol. The van der Waals surface area contributed by atoms with Crippen molar-refractivity contribution in [3.05, 3.63) is 0 Å². The van der Waals surface area contributed by atoms with Crippen LogP contribution in [0.4, 0.5) is 0 Å². The van der Waals surface area contributed by atoms with Crippen LogP contribution >= 0.6 is 12.6 Å². The van der Waals surface area contributed by atoms with Crippen molar-refractivity contribution >= 4 is 24.6 Å². The number of carboxylic acid groups (broad SMARTS) is 2. The molecule has 0 bridgehead atoms. The maximum absolute atomic E-state index is 9.74. The van der Waals surface area contributed by atoms with Crippen LogP contribution in [0.25, 0.3) is 0 Å². The molecule has 0 saturated carbocycles. The van der Waals surface area contributed by atoms with E-state index in [9.17, 15) is 14.7 Å². The number of carbonyl (C=O) groups is 2. The molecule has 0 radical (unpaired) electrons. The van der Waals surface area contributed by atoms with Crippen LogP contribution in [0, 0.1) is 0 Å². The van der Waals surface area contributed by atoms with Gasteiger partial charge in [-0.1, -0.05) is 0 Å². The Labute approximate surface area is 110 Å². The first-order valence-electron chi connectivity index (χ1n) is 3.44. The molecule has 0 fully saturated rings. The molecule has 14 heavy (non-hydrogen) atoms. The van der Waals surface area contributed by atoms with E-state index < -0.39 is 24.4 Å². The van der Waals surface area contributed by atoms with Gasteiger partial charge in [0.2, 0.25) is 0 Å². The summed E-state index contributed by atoms with van der Waals surface area (Å²) in [6, 6.07) is -1.40. The minimum absolute atomic E-state index is 0. The summed E-state index contributed by atoms with van der Waals surface area (Å²) in [7, 11) is 0. The maximum atomic E-state index is 9.74. The number of thiol groups is 1. The van der Waals surface area contributed by atoms with E-state index in [1.54, 1.807) is 0 Å². The van der Waals surface area contributed by atoms with Gasteiger partial charge in [-0.15, -0.1) is 0 Å². The third-order valence-corrected chi connectivity index (χ3v) is 1.08. The second kappa shape index (κ2) is 13.2. The minimum atomic E-state index is -1.54. The predicted molar refractivity (Wildman–Crippen MR) is 48.1 cm³/mol. The average Bonchev–Trinajstić information content (AvgIpc) is 2.03. The first-order valence-corrected chi connectivity index (χ1v) is 4.08. The monoisotopic (exact) mass is 232 g/mol. The summed E-state index contributed by atoms with van der Waals surface area (Å²) in [5, 5.41) is 17.7. The van der Waals surface area contributed by atoms with E-state index in [1.165, 1.54) is 0 Å². The molecule has 0 rings (SSSR count). The Balaban J connectivity index is -0.000000209. The summed E-state index contributed by atoms with van der Waals surface area (Å²) in [5.74, 6) is -2.00. The number of aliphatic carboxylic acids is 2. The minimum Gasteiger partial charge on any atom is -0.548 e. The molecule has 0 saturated heterocycles. The molecular weight excluding hydrogens is 219 g/mol. The number of nitrogens with two attached hydrogens (primary N) is 2. The number of carbonyl (C=O) groups excluding carboxylic acids is 1. The molecule has 0 amide bonds. The summed E-state index contributed by atoms with van der Waals surface area (Å²) in [6.45, 7) is 0.684. The fraction of sp³-hybridized carbons (Fsp3) is 0.667. The molecule has 5 N–H and O–H groups in total. The standard InChI is InChI=1S/C4H7NO4.C2H7NS.Na/c5-2(4(8)9)1-3(6)7;3-1-2-4;/h2H,1,5H2,(H,6,7)(H,8,9);4H,1-3H2;/q;;+1/p-1/t2-;;/m0../s1. The van der Waals surface area contributed by atoms with Crippen LogP contribution in [0.15, 0.2) is 0 Å². The third-order valence-electron chi connectivity index (χ3n) is 0.826. The molecular formula is C6H13N2NaO4S. The van der Waals surface area contributed by atoms with Crippen molar-refractivity contribution in [1.29, 1.82) is 0 Å². The SMILES string of the molecule is NCCS.N[C@@H](CC(=O)O)C(=O)[O-].[Na+]. The first kappa shape index (κ1) is 19.7. The van der Waals surface area contributed by atoms with Crippen molar-refractivity contribution in [1.82, 2.24) is 0 Å². The number of hydrogen-bond donors (Lipinski definition) is 4. The van der Waals surface area contributed by atoms with Crippen molar-refractivity contribution in [3.63, 3.8) is 0 Å². The van der Waals surface area contributed by atoms with Crippen molar-refractivity contribution < 1.29 is 49.4 Å². The smallest absolute Gasteiger partial charge is 0.548 e. The molecule has 6 nitrogen and oxygen atoms in total. The van der Waals surface area contributed by atoms with Gasteiger partial charge in [-0.2, -0.15) is 12.6 Å². The van der Waals surface area contributed by atoms with Crippen LogP contribution in [0.2, 0.25) is 0 Å². The van der Waals surface area contributed by atoms with Crippen molar-refractivity contribution in [2.45, 2.75) is 12.5 Å². The summed E-state index contributed by atoms with van der Waals surface area (Å²) in [4.78, 5) is 19.5. The van der Waals surface area contributed by atoms with Gasteiger partial charge in [0, 0.05) is 12.3 Å². The van der Waals surface area contributed by atoms with E-state index in [1.807, 2.05) is 0 Å². The van der Waals surface area contributed by atoms with Crippen LogP contribution in [-0.2, 0) is 9.59 Å². The zero-order valence-electron chi connectivity index (χ0n) is 7.97. The molecule has 8 heteroatoms. The van der Waals surface area contributed by atoms with E-state index >= 15 is 0 Å². The predicted octanol–water partition coefficient (Wildman–Crippen LogP) is -5.58. The molecule has 0 aromatic rings. The third kappa shape index (κ3) is 18.1. The first-order chi connectivity index (χ1) is 5.95. The fourth-order valence-electron chi connectivity index (χ4n) is 0.271. The molecule has 0 spiro atoms. The Hall–Kier alpha value is 0.210. The molecule has 0 aliphatic rings. The van der Waals surface area contributed by atoms with Gasteiger partial charge in [0.25, 0.3) is 0 Å². The second-order valence-corrected chi connectivity index (χ2v) is 2.48. The Morgan fingerprint density at radius 1 is 1.50 bits per heavy atom. The molecule has 1 atom stereocenters. The van der Waals surface area contributed by atoms with Crippen LogP contribution in [-0.4, -0.2) is 35.4 Å². The van der Waals surface area contributed by atoms with E-state index in [2.05, 4.69) is 12.6 Å². The van der Waals surface area contributed by atoms with Gasteiger partial charge in [0.1, 0.15) is 0 Å². The molecule has 0 heterocycles. The topological polar surface area (TPSA) is 129 Å². The summed E-state index contributed by atoms with van der Waals surface area (Å²) in [5.41, 5.74) is 9.73. The number of rotatable bonds is 4. The molecule has 0 aliphatic heterocycles. The largest absolute Gasteiger partial charge is 1.00 e. The number of hydrogen-bond acceptors (Lipinski definition) is 6. The molecule has 0 aromatic carbocycles. The van der Waals surface area contributed by atoms with Crippen LogP contribution in [0.1, 0.15) is 6.42 Å². The van der Waals surface area contributed by atoms with Crippen molar-refractivity contribution in [2.75, 3.05) is 12.3 Å². The summed E-state index contributed by atoms with van der Waals surface area (Å²) in [6.07, 6.45) is -0.595. The van der Waals surface area contributed by atoms with Gasteiger partial charge in [-0.3, -0.25) is 4.79 Å². The Morgan fingerprint density at radius 3 is 1.93 bits per heavy atom. The van der Waals surface area contributed by atoms with E-state index in [0.717, 1.165) is 5.75 Å². The van der Waals surface area contributed by atoms with Gasteiger partial charge in [-0.25, -0.2) is 0 Å².